The van der Waals surface area contributed by atoms with Crippen LogP contribution in [-0.2, 0) is 10.3 Å². The van der Waals surface area contributed by atoms with E-state index in [0.717, 1.165) is 0 Å². The maximum absolute atomic E-state index is 11.8. The monoisotopic (exact) mass is 242 g/mol. The summed E-state index contributed by atoms with van der Waals surface area (Å²) in [6.45, 7) is 3.45. The molecule has 0 aliphatic rings. The number of rotatable bonds is 2. The second kappa shape index (κ2) is 4.88. The van der Waals surface area contributed by atoms with Gasteiger partial charge in [0.15, 0.2) is 5.11 Å². The summed E-state index contributed by atoms with van der Waals surface area (Å²) in [7, 11) is 1.66. The fourth-order valence-electron chi connectivity index (χ4n) is 0.930. The summed E-state index contributed by atoms with van der Waals surface area (Å²) in [5.41, 5.74) is 4.20. The Bertz CT molecular complexity index is 374. The van der Waals surface area contributed by atoms with Gasteiger partial charge in [-0.15, -0.1) is 0 Å². The molecule has 1 heterocycles. The third-order valence-corrected chi connectivity index (χ3v) is 2.37. The smallest absolute Gasteiger partial charge is 0.265 e. The van der Waals surface area contributed by atoms with Gasteiger partial charge in [0.05, 0.1) is 0 Å². The van der Waals surface area contributed by atoms with E-state index in [2.05, 4.69) is 26.3 Å². The lowest BCUT2D eigenvalue weighted by Crippen LogP contribution is -2.53. The number of hydrogen-bond donors (Lipinski definition) is 3. The van der Waals surface area contributed by atoms with Crippen LogP contribution in [0.25, 0.3) is 0 Å². The highest BCUT2D eigenvalue weighted by Gasteiger charge is 2.30. The molecular weight excluding hydrogens is 228 g/mol. The zero-order chi connectivity index (χ0) is 12.2. The number of carbonyl (C=O) groups is 1. The largest absolute Gasteiger partial charge is 0.364 e. The number of aromatic nitrogens is 3. The third kappa shape index (κ3) is 2.66. The average molecular weight is 242 g/mol. The van der Waals surface area contributed by atoms with Crippen LogP contribution in [0.2, 0.25) is 0 Å². The van der Waals surface area contributed by atoms with Gasteiger partial charge >= 0.3 is 0 Å². The molecule has 0 saturated heterocycles. The second-order valence-electron chi connectivity index (χ2n) is 3.56. The fourth-order valence-corrected chi connectivity index (χ4v) is 0.981. The van der Waals surface area contributed by atoms with Crippen LogP contribution in [0.1, 0.15) is 13.8 Å². The zero-order valence-corrected chi connectivity index (χ0v) is 10.1. The zero-order valence-electron chi connectivity index (χ0n) is 9.31. The van der Waals surface area contributed by atoms with Crippen LogP contribution in [0.15, 0.2) is 12.7 Å². The van der Waals surface area contributed by atoms with Gasteiger partial charge in [0.1, 0.15) is 18.2 Å². The van der Waals surface area contributed by atoms with Gasteiger partial charge < -0.3 is 5.32 Å². The lowest BCUT2D eigenvalue weighted by molar-refractivity contribution is -0.129. The van der Waals surface area contributed by atoms with Crippen LogP contribution in [0.3, 0.4) is 0 Å². The van der Waals surface area contributed by atoms with Crippen molar-refractivity contribution < 1.29 is 4.79 Å². The summed E-state index contributed by atoms with van der Waals surface area (Å²) in [5, 5.41) is 6.94. The highest BCUT2D eigenvalue weighted by molar-refractivity contribution is 7.80. The summed E-state index contributed by atoms with van der Waals surface area (Å²) >= 11 is 4.82. The Labute approximate surface area is 98.6 Å². The molecular formula is C8H14N6OS. The third-order valence-electron chi connectivity index (χ3n) is 2.06. The molecule has 0 aromatic carbocycles. The molecule has 0 spiro atoms. The van der Waals surface area contributed by atoms with Gasteiger partial charge in [-0.05, 0) is 26.1 Å². The summed E-state index contributed by atoms with van der Waals surface area (Å²) < 4.78 is 1.46. The highest BCUT2D eigenvalue weighted by atomic mass is 32.1. The van der Waals surface area contributed by atoms with Gasteiger partial charge in [-0.1, -0.05) is 0 Å². The molecule has 0 saturated carbocycles. The van der Waals surface area contributed by atoms with E-state index in [0.29, 0.717) is 5.11 Å². The fraction of sp³-hybridized carbons (Fsp3) is 0.500. The van der Waals surface area contributed by atoms with Crippen molar-refractivity contribution in [3.8, 4) is 0 Å². The Morgan fingerprint density at radius 3 is 2.62 bits per heavy atom. The maximum atomic E-state index is 11.8. The SMILES string of the molecule is CNC(=S)NNC(=O)C(C)(C)n1cncn1. The molecule has 1 aromatic heterocycles. The topological polar surface area (TPSA) is 83.9 Å². The summed E-state index contributed by atoms with van der Waals surface area (Å²) in [6, 6.07) is 0. The van der Waals surface area contributed by atoms with E-state index in [9.17, 15) is 4.79 Å². The van der Waals surface area contributed by atoms with E-state index in [1.807, 2.05) is 0 Å². The molecule has 0 unspecified atom stereocenters. The van der Waals surface area contributed by atoms with Gasteiger partial charge in [0.25, 0.3) is 5.91 Å². The quantitative estimate of drug-likeness (QED) is 0.462. The Morgan fingerprint density at radius 1 is 1.44 bits per heavy atom. The van der Waals surface area contributed by atoms with E-state index in [-0.39, 0.29) is 5.91 Å². The average Bonchev–Trinajstić information content (AvgIpc) is 2.78. The molecule has 7 nitrogen and oxygen atoms in total. The number of hydrazine groups is 1. The van der Waals surface area contributed by atoms with Crippen molar-refractivity contribution in [3.63, 3.8) is 0 Å². The van der Waals surface area contributed by atoms with Crippen molar-refractivity contribution in [1.82, 2.24) is 30.9 Å². The van der Waals surface area contributed by atoms with Gasteiger partial charge in [-0.2, -0.15) is 5.10 Å². The Morgan fingerprint density at radius 2 is 2.12 bits per heavy atom. The first-order valence-electron chi connectivity index (χ1n) is 4.61. The normalized spacial score (nSPS) is 10.7. The molecule has 3 N–H and O–H groups in total. The summed E-state index contributed by atoms with van der Waals surface area (Å²) in [4.78, 5) is 15.6. The van der Waals surface area contributed by atoms with Crippen molar-refractivity contribution in [2.45, 2.75) is 19.4 Å². The summed E-state index contributed by atoms with van der Waals surface area (Å²) in [5.74, 6) is -0.268. The van der Waals surface area contributed by atoms with Crippen molar-refractivity contribution in [2.24, 2.45) is 0 Å². The molecule has 0 bridgehead atoms. The van der Waals surface area contributed by atoms with Crippen molar-refractivity contribution in [3.05, 3.63) is 12.7 Å². The van der Waals surface area contributed by atoms with Crippen molar-refractivity contribution >= 4 is 23.2 Å². The maximum Gasteiger partial charge on any atom is 0.265 e. The number of thiocarbonyl (C=S) groups is 1. The van der Waals surface area contributed by atoms with Crippen molar-refractivity contribution in [2.75, 3.05) is 7.05 Å². The van der Waals surface area contributed by atoms with Gasteiger partial charge in [0, 0.05) is 7.05 Å². The van der Waals surface area contributed by atoms with Crippen LogP contribution in [-0.4, -0.2) is 32.8 Å². The van der Waals surface area contributed by atoms with E-state index in [4.69, 9.17) is 12.2 Å². The standard InChI is InChI=1S/C8H14N6OS/c1-8(2,14-5-10-4-11-14)6(15)12-13-7(16)9-3/h4-5H,1-3H3,(H,12,15)(H2,9,13,16). The van der Waals surface area contributed by atoms with E-state index >= 15 is 0 Å². The van der Waals surface area contributed by atoms with Gasteiger partial charge in [0.2, 0.25) is 0 Å². The van der Waals surface area contributed by atoms with Crippen LogP contribution in [0, 0.1) is 0 Å². The number of nitrogens with zero attached hydrogens (tertiary/aromatic N) is 3. The minimum atomic E-state index is -0.840. The minimum Gasteiger partial charge on any atom is -0.364 e. The molecule has 0 aliphatic heterocycles. The van der Waals surface area contributed by atoms with E-state index in [1.165, 1.54) is 17.3 Å². The lowest BCUT2D eigenvalue weighted by atomic mass is 10.1. The van der Waals surface area contributed by atoms with Gasteiger partial charge in [-0.25, -0.2) is 9.67 Å². The second-order valence-corrected chi connectivity index (χ2v) is 3.97. The predicted octanol–water partition coefficient (Wildman–Crippen LogP) is -0.862. The lowest BCUT2D eigenvalue weighted by Gasteiger charge is -2.23. The highest BCUT2D eigenvalue weighted by Crippen LogP contribution is 2.11. The number of nitrogens with one attached hydrogen (secondary N) is 3. The summed E-state index contributed by atoms with van der Waals surface area (Å²) in [6.07, 6.45) is 2.86. The number of hydrogen-bond acceptors (Lipinski definition) is 4. The predicted molar refractivity (Wildman–Crippen MR) is 62.3 cm³/mol. The number of carbonyl (C=O) groups excluding carboxylic acids is 1. The molecule has 1 aromatic rings. The molecule has 0 aliphatic carbocycles. The molecule has 0 radical (unpaired) electrons. The Balaban J connectivity index is 2.63. The van der Waals surface area contributed by atoms with Crippen molar-refractivity contribution in [1.29, 1.82) is 0 Å². The Hall–Kier alpha value is -1.70. The van der Waals surface area contributed by atoms with Crippen LogP contribution in [0.5, 0.6) is 0 Å². The van der Waals surface area contributed by atoms with Crippen LogP contribution >= 0.6 is 12.2 Å². The van der Waals surface area contributed by atoms with Crippen LogP contribution in [0.4, 0.5) is 0 Å². The first kappa shape index (κ1) is 12.4. The van der Waals surface area contributed by atoms with Crippen LogP contribution < -0.4 is 16.2 Å². The van der Waals surface area contributed by atoms with E-state index < -0.39 is 5.54 Å². The van der Waals surface area contributed by atoms with Gasteiger partial charge in [-0.3, -0.25) is 15.6 Å². The Kier molecular flexibility index (Phi) is 3.78. The number of amides is 1. The molecule has 16 heavy (non-hydrogen) atoms. The molecule has 8 heteroatoms. The molecule has 0 fully saturated rings. The first-order valence-corrected chi connectivity index (χ1v) is 5.02. The molecule has 88 valence electrons. The molecule has 1 rings (SSSR count). The van der Waals surface area contributed by atoms with E-state index in [1.54, 1.807) is 20.9 Å². The molecule has 0 atom stereocenters. The first-order chi connectivity index (χ1) is 7.48. The minimum absolute atomic E-state index is 0.268. The molecule has 1 amide bonds.